The van der Waals surface area contributed by atoms with E-state index in [0.717, 1.165) is 43.0 Å². The second-order valence-electron chi connectivity index (χ2n) is 6.88. The number of benzene rings is 1. The molecule has 126 valence electrons. The number of nitrogens with zero attached hydrogens (tertiary/aromatic N) is 3. The summed E-state index contributed by atoms with van der Waals surface area (Å²) >= 11 is 0. The summed E-state index contributed by atoms with van der Waals surface area (Å²) in [6.45, 7) is 6.87. The minimum Gasteiger partial charge on any atom is -0.330 e. The fourth-order valence-corrected chi connectivity index (χ4v) is 3.59. The zero-order chi connectivity index (χ0) is 17.2. The summed E-state index contributed by atoms with van der Waals surface area (Å²) in [6, 6.07) is 12.2. The molecule has 0 bridgehead atoms. The molecular formula is C20H25N3O. The van der Waals surface area contributed by atoms with Gasteiger partial charge < -0.3 is 4.90 Å². The van der Waals surface area contributed by atoms with Crippen LogP contribution in [0, 0.1) is 13.8 Å². The Balaban J connectivity index is 1.77. The first-order chi connectivity index (χ1) is 11.5. The Labute approximate surface area is 143 Å². The van der Waals surface area contributed by atoms with E-state index in [1.807, 2.05) is 43.0 Å². The number of aryl methyl sites for hydroxylation is 3. The summed E-state index contributed by atoms with van der Waals surface area (Å²) in [5.74, 6) is 0.979. The largest absolute Gasteiger partial charge is 0.330 e. The van der Waals surface area contributed by atoms with Crippen molar-refractivity contribution in [2.75, 3.05) is 6.54 Å². The number of carbonyl (C=O) groups is 1. The summed E-state index contributed by atoms with van der Waals surface area (Å²) in [5.41, 5.74) is 2.74. The third-order valence-electron chi connectivity index (χ3n) is 4.88. The van der Waals surface area contributed by atoms with Gasteiger partial charge in [0.05, 0.1) is 5.54 Å². The first-order valence-electron chi connectivity index (χ1n) is 8.66. The Morgan fingerprint density at radius 3 is 2.50 bits per heavy atom. The van der Waals surface area contributed by atoms with Crippen molar-refractivity contribution in [1.82, 2.24) is 14.9 Å². The van der Waals surface area contributed by atoms with E-state index in [1.165, 1.54) is 5.56 Å². The van der Waals surface area contributed by atoms with E-state index in [-0.39, 0.29) is 11.4 Å². The van der Waals surface area contributed by atoms with Gasteiger partial charge in [-0.3, -0.25) is 4.79 Å². The van der Waals surface area contributed by atoms with E-state index >= 15 is 0 Å². The minimum atomic E-state index is -0.384. The zero-order valence-corrected chi connectivity index (χ0v) is 14.7. The molecule has 0 unspecified atom stereocenters. The molecule has 24 heavy (non-hydrogen) atoms. The van der Waals surface area contributed by atoms with Crippen molar-refractivity contribution < 1.29 is 4.79 Å². The number of hydrogen-bond acceptors (Lipinski definition) is 3. The maximum Gasteiger partial charge on any atom is 0.223 e. The Bertz CT molecular complexity index is 709. The van der Waals surface area contributed by atoms with Gasteiger partial charge in [-0.15, -0.1) is 0 Å². The predicted molar refractivity (Wildman–Crippen MR) is 94.6 cm³/mol. The van der Waals surface area contributed by atoms with Crippen LogP contribution in [0.15, 0.2) is 36.4 Å². The van der Waals surface area contributed by atoms with Gasteiger partial charge >= 0.3 is 0 Å². The van der Waals surface area contributed by atoms with Gasteiger partial charge in [-0.05, 0) is 51.7 Å². The molecular weight excluding hydrogens is 298 g/mol. The molecule has 1 fully saturated rings. The summed E-state index contributed by atoms with van der Waals surface area (Å²) in [7, 11) is 0. The molecule has 1 atom stereocenters. The highest BCUT2D eigenvalue weighted by Gasteiger charge is 2.43. The predicted octanol–water partition coefficient (Wildman–Crippen LogP) is 3.56. The molecule has 4 nitrogen and oxygen atoms in total. The molecule has 1 aliphatic heterocycles. The SMILES string of the molecule is Cc1cc(C)nc([C@]2(C)CCCN2C(=O)CCc2ccccc2)n1. The van der Waals surface area contributed by atoms with Gasteiger partial charge in [-0.2, -0.15) is 0 Å². The molecule has 1 amide bonds. The topological polar surface area (TPSA) is 46.1 Å². The van der Waals surface area contributed by atoms with E-state index < -0.39 is 0 Å². The molecule has 2 heterocycles. The fraction of sp³-hybridized carbons (Fsp3) is 0.450. The van der Waals surface area contributed by atoms with Crippen LogP contribution < -0.4 is 0 Å². The summed E-state index contributed by atoms with van der Waals surface area (Å²) in [5, 5.41) is 0. The van der Waals surface area contributed by atoms with Gasteiger partial charge in [-0.1, -0.05) is 30.3 Å². The van der Waals surface area contributed by atoms with Gasteiger partial charge in [0.1, 0.15) is 0 Å². The van der Waals surface area contributed by atoms with Crippen molar-refractivity contribution in [2.24, 2.45) is 0 Å². The molecule has 3 rings (SSSR count). The maximum atomic E-state index is 12.8. The molecule has 0 saturated carbocycles. The molecule has 1 aliphatic rings. The first-order valence-corrected chi connectivity index (χ1v) is 8.66. The van der Waals surface area contributed by atoms with Crippen LogP contribution in [0.2, 0.25) is 0 Å². The molecule has 4 heteroatoms. The van der Waals surface area contributed by atoms with Crippen molar-refractivity contribution in [3.05, 3.63) is 59.2 Å². The van der Waals surface area contributed by atoms with E-state index in [9.17, 15) is 4.79 Å². The van der Waals surface area contributed by atoms with Crippen molar-refractivity contribution in [3.63, 3.8) is 0 Å². The lowest BCUT2D eigenvalue weighted by Crippen LogP contribution is -2.44. The number of amides is 1. The number of rotatable bonds is 4. The van der Waals surface area contributed by atoms with Gasteiger partial charge in [0.25, 0.3) is 0 Å². The van der Waals surface area contributed by atoms with Crippen LogP contribution in [0.4, 0.5) is 0 Å². The van der Waals surface area contributed by atoms with Crippen LogP contribution in [0.3, 0.4) is 0 Å². The minimum absolute atomic E-state index is 0.196. The Hall–Kier alpha value is -2.23. The normalized spacial score (nSPS) is 20.4. The third kappa shape index (κ3) is 3.32. The van der Waals surface area contributed by atoms with Crippen LogP contribution in [0.1, 0.15) is 49.0 Å². The van der Waals surface area contributed by atoms with Crippen LogP contribution in [-0.2, 0) is 16.8 Å². The Morgan fingerprint density at radius 2 is 1.83 bits per heavy atom. The lowest BCUT2D eigenvalue weighted by atomic mass is 9.96. The van der Waals surface area contributed by atoms with Crippen molar-refractivity contribution in [1.29, 1.82) is 0 Å². The monoisotopic (exact) mass is 323 g/mol. The molecule has 1 saturated heterocycles. The standard InChI is InChI=1S/C20H25N3O/c1-15-14-16(2)22-19(21-15)20(3)12-7-13-23(20)18(24)11-10-17-8-5-4-6-9-17/h4-6,8-9,14H,7,10-13H2,1-3H3/t20-/m0/s1. The summed E-state index contributed by atoms with van der Waals surface area (Å²) in [4.78, 5) is 24.1. The Morgan fingerprint density at radius 1 is 1.17 bits per heavy atom. The van der Waals surface area contributed by atoms with Crippen LogP contribution in [0.25, 0.3) is 0 Å². The molecule has 0 N–H and O–H groups in total. The smallest absolute Gasteiger partial charge is 0.223 e. The molecule has 0 radical (unpaired) electrons. The van der Waals surface area contributed by atoms with E-state index in [2.05, 4.69) is 29.0 Å². The highest BCUT2D eigenvalue weighted by molar-refractivity contribution is 5.77. The van der Waals surface area contributed by atoms with Gasteiger partial charge in [0.15, 0.2) is 5.82 Å². The second kappa shape index (κ2) is 6.71. The van der Waals surface area contributed by atoms with Gasteiger partial charge in [-0.25, -0.2) is 9.97 Å². The first kappa shape index (κ1) is 16.6. The lowest BCUT2D eigenvalue weighted by molar-refractivity contribution is -0.135. The van der Waals surface area contributed by atoms with E-state index in [1.54, 1.807) is 0 Å². The average molecular weight is 323 g/mol. The van der Waals surface area contributed by atoms with Gasteiger partial charge in [0.2, 0.25) is 5.91 Å². The quantitative estimate of drug-likeness (QED) is 0.864. The summed E-state index contributed by atoms with van der Waals surface area (Å²) < 4.78 is 0. The molecule has 2 aromatic rings. The van der Waals surface area contributed by atoms with Crippen LogP contribution in [0.5, 0.6) is 0 Å². The molecule has 0 aliphatic carbocycles. The number of hydrogen-bond donors (Lipinski definition) is 0. The highest BCUT2D eigenvalue weighted by atomic mass is 16.2. The van der Waals surface area contributed by atoms with Crippen molar-refractivity contribution in [2.45, 2.75) is 52.0 Å². The Kier molecular flexibility index (Phi) is 4.65. The number of aromatic nitrogens is 2. The van der Waals surface area contributed by atoms with Crippen molar-refractivity contribution >= 4 is 5.91 Å². The van der Waals surface area contributed by atoms with E-state index in [4.69, 9.17) is 0 Å². The molecule has 1 aromatic carbocycles. The maximum absolute atomic E-state index is 12.8. The average Bonchev–Trinajstić information content (AvgIpc) is 2.96. The van der Waals surface area contributed by atoms with E-state index in [0.29, 0.717) is 6.42 Å². The second-order valence-corrected chi connectivity index (χ2v) is 6.88. The van der Waals surface area contributed by atoms with Crippen molar-refractivity contribution in [3.8, 4) is 0 Å². The fourth-order valence-electron chi connectivity index (χ4n) is 3.59. The van der Waals surface area contributed by atoms with Gasteiger partial charge in [0, 0.05) is 24.4 Å². The lowest BCUT2D eigenvalue weighted by Gasteiger charge is -2.34. The zero-order valence-electron chi connectivity index (χ0n) is 14.7. The molecule has 0 spiro atoms. The van der Waals surface area contributed by atoms with Crippen LogP contribution in [-0.4, -0.2) is 27.3 Å². The molecule has 1 aromatic heterocycles. The van der Waals surface area contributed by atoms with Crippen LogP contribution >= 0.6 is 0 Å². The third-order valence-corrected chi connectivity index (χ3v) is 4.88. The summed E-state index contributed by atoms with van der Waals surface area (Å²) in [6.07, 6.45) is 3.24. The number of likely N-dealkylation sites (tertiary alicyclic amines) is 1. The highest BCUT2D eigenvalue weighted by Crippen LogP contribution is 2.37. The number of carbonyl (C=O) groups excluding carboxylic acids is 1.